The Hall–Kier alpha value is -1.38. The van der Waals surface area contributed by atoms with Crippen LogP contribution in [0.3, 0.4) is 0 Å². The van der Waals surface area contributed by atoms with Crippen LogP contribution in [-0.4, -0.2) is 61.3 Å². The molecule has 0 atom stereocenters. The second kappa shape index (κ2) is 7.06. The van der Waals surface area contributed by atoms with Crippen LogP contribution in [0.5, 0.6) is 0 Å². The van der Waals surface area contributed by atoms with Gasteiger partial charge in [0.15, 0.2) is 11.3 Å². The fourth-order valence-corrected chi connectivity index (χ4v) is 2.65. The number of rotatable bonds is 3. The molecule has 3 N–H and O–H groups in total. The van der Waals surface area contributed by atoms with Crippen molar-refractivity contribution in [2.45, 2.75) is 38.1 Å². The zero-order valence-corrected chi connectivity index (χ0v) is 10.6. The summed E-state index contributed by atoms with van der Waals surface area (Å²) in [6.07, 6.45) is 3.83. The van der Waals surface area contributed by atoms with Gasteiger partial charge in [-0.25, -0.2) is 14.4 Å². The fourth-order valence-electron chi connectivity index (χ4n) is 2.65. The van der Waals surface area contributed by atoms with Crippen molar-refractivity contribution in [2.75, 3.05) is 0 Å². The summed E-state index contributed by atoms with van der Waals surface area (Å²) in [5, 5.41) is 18.2. The van der Waals surface area contributed by atoms with Gasteiger partial charge in [0.25, 0.3) is 5.56 Å². The van der Waals surface area contributed by atoms with Gasteiger partial charge in [0.2, 0.25) is 0 Å². The predicted molar refractivity (Wildman–Crippen MR) is 74.5 cm³/mol. The maximum atomic E-state index is 11.9. The molecule has 2 rings (SSSR count). The second-order valence-electron chi connectivity index (χ2n) is 4.76. The second-order valence-corrected chi connectivity index (χ2v) is 4.76. The molecule has 0 amide bonds. The van der Waals surface area contributed by atoms with E-state index >= 15 is 0 Å². The van der Waals surface area contributed by atoms with E-state index in [0.717, 1.165) is 23.8 Å². The first-order valence-corrected chi connectivity index (χ1v) is 6.29. The van der Waals surface area contributed by atoms with Crippen molar-refractivity contribution in [1.82, 2.24) is 9.55 Å². The van der Waals surface area contributed by atoms with E-state index in [1.54, 1.807) is 0 Å². The van der Waals surface area contributed by atoms with Crippen LogP contribution < -0.4 is 11.2 Å². The average molecular weight is 306 g/mol. The zero-order valence-electron chi connectivity index (χ0n) is 10.6. The molecular formula is C12H15N2NaO6. The van der Waals surface area contributed by atoms with Crippen LogP contribution in [0.25, 0.3) is 0 Å². The van der Waals surface area contributed by atoms with E-state index in [2.05, 4.69) is 0 Å². The van der Waals surface area contributed by atoms with Crippen molar-refractivity contribution in [2.24, 2.45) is 0 Å². The Bertz CT molecular complexity index is 671. The van der Waals surface area contributed by atoms with Crippen molar-refractivity contribution in [1.29, 1.82) is 0 Å². The summed E-state index contributed by atoms with van der Waals surface area (Å²) < 4.78 is 0.909. The number of nitrogens with one attached hydrogen (secondary N) is 1. The van der Waals surface area contributed by atoms with E-state index in [0.29, 0.717) is 12.8 Å². The molecule has 8 nitrogen and oxygen atoms in total. The minimum atomic E-state index is -1.66. The molecule has 1 aromatic rings. The van der Waals surface area contributed by atoms with Gasteiger partial charge in [0.1, 0.15) is 0 Å². The van der Waals surface area contributed by atoms with E-state index in [9.17, 15) is 24.3 Å². The van der Waals surface area contributed by atoms with Crippen LogP contribution in [0.2, 0.25) is 0 Å². The van der Waals surface area contributed by atoms with Crippen molar-refractivity contribution >= 4 is 41.5 Å². The van der Waals surface area contributed by atoms with Gasteiger partial charge in [-0.1, -0.05) is 19.3 Å². The number of carboxylic acids is 2. The third-order valence-corrected chi connectivity index (χ3v) is 3.50. The van der Waals surface area contributed by atoms with Crippen molar-refractivity contribution in [3.05, 3.63) is 32.1 Å². The number of hydrogen-bond acceptors (Lipinski definition) is 4. The van der Waals surface area contributed by atoms with Crippen LogP contribution in [0, 0.1) is 0 Å². The number of carboxylic acid groups (broad SMARTS) is 2. The summed E-state index contributed by atoms with van der Waals surface area (Å²) in [7, 11) is 0. The number of nitrogens with zero attached hydrogens (tertiary/aromatic N) is 1. The molecule has 0 aromatic carbocycles. The van der Waals surface area contributed by atoms with Gasteiger partial charge in [-0.15, -0.1) is 0 Å². The van der Waals surface area contributed by atoms with Gasteiger partial charge in [-0.2, -0.15) is 0 Å². The SMILES string of the molecule is O=C(O)c1c(C(=O)O)n(C2CCCCC2)c(=O)[nH]c1=O.[NaH]. The molecular weight excluding hydrogens is 291 g/mol. The van der Waals surface area contributed by atoms with Crippen LogP contribution in [0.1, 0.15) is 59.0 Å². The quantitative estimate of drug-likeness (QED) is 0.663. The first-order valence-electron chi connectivity index (χ1n) is 6.29. The molecule has 1 saturated carbocycles. The molecule has 0 unspecified atom stereocenters. The molecule has 0 aliphatic heterocycles. The molecule has 0 spiro atoms. The van der Waals surface area contributed by atoms with E-state index in [4.69, 9.17) is 5.11 Å². The molecule has 21 heavy (non-hydrogen) atoms. The molecule has 110 valence electrons. The van der Waals surface area contributed by atoms with Gasteiger partial charge < -0.3 is 10.2 Å². The Morgan fingerprint density at radius 1 is 1.05 bits per heavy atom. The Morgan fingerprint density at radius 2 is 1.62 bits per heavy atom. The topological polar surface area (TPSA) is 129 Å². The first kappa shape index (κ1) is 17.7. The van der Waals surface area contributed by atoms with Gasteiger partial charge in [0, 0.05) is 6.04 Å². The third kappa shape index (κ3) is 3.45. The van der Waals surface area contributed by atoms with Crippen LogP contribution in [0.4, 0.5) is 0 Å². The standard InChI is InChI=1S/C12H14N2O6.Na.H/c15-9-7(10(16)17)8(11(18)19)14(12(20)13-9)6-4-2-1-3-5-6;;/h6H,1-5H2,(H,16,17)(H,18,19)(H,13,15,20);;. The van der Waals surface area contributed by atoms with Crippen LogP contribution in [-0.2, 0) is 0 Å². The van der Waals surface area contributed by atoms with Crippen molar-refractivity contribution in [3.8, 4) is 0 Å². The third-order valence-electron chi connectivity index (χ3n) is 3.50. The first-order chi connectivity index (χ1) is 9.43. The molecule has 1 aliphatic carbocycles. The number of aromatic amines is 1. The maximum absolute atomic E-state index is 11.9. The van der Waals surface area contributed by atoms with Gasteiger partial charge >= 0.3 is 47.2 Å². The Balaban J connectivity index is 0.00000220. The Kier molecular flexibility index (Phi) is 5.94. The van der Waals surface area contributed by atoms with Gasteiger partial charge in [-0.3, -0.25) is 14.3 Å². The van der Waals surface area contributed by atoms with Gasteiger partial charge in [0.05, 0.1) is 0 Å². The van der Waals surface area contributed by atoms with E-state index in [1.165, 1.54) is 0 Å². The molecule has 0 radical (unpaired) electrons. The zero-order chi connectivity index (χ0) is 14.9. The molecule has 0 saturated heterocycles. The summed E-state index contributed by atoms with van der Waals surface area (Å²) in [4.78, 5) is 47.7. The summed E-state index contributed by atoms with van der Waals surface area (Å²) in [6, 6.07) is -0.391. The Morgan fingerprint density at radius 3 is 2.10 bits per heavy atom. The van der Waals surface area contributed by atoms with Crippen molar-refractivity contribution < 1.29 is 19.8 Å². The van der Waals surface area contributed by atoms with Crippen LogP contribution >= 0.6 is 0 Å². The molecule has 1 heterocycles. The average Bonchev–Trinajstić information content (AvgIpc) is 2.38. The van der Waals surface area contributed by atoms with E-state index < -0.39 is 40.5 Å². The summed E-state index contributed by atoms with van der Waals surface area (Å²) >= 11 is 0. The summed E-state index contributed by atoms with van der Waals surface area (Å²) in [5.74, 6) is -3.25. The predicted octanol–water partition coefficient (Wildman–Crippen LogP) is -0.210. The van der Waals surface area contributed by atoms with Gasteiger partial charge in [-0.05, 0) is 12.8 Å². The normalized spacial score (nSPS) is 15.2. The fraction of sp³-hybridized carbons (Fsp3) is 0.500. The molecule has 1 aliphatic rings. The summed E-state index contributed by atoms with van der Waals surface area (Å²) in [5.41, 5.74) is -3.70. The Labute approximate surface area is 141 Å². The molecule has 1 aromatic heterocycles. The number of aromatic nitrogens is 2. The number of H-pyrrole nitrogens is 1. The number of hydrogen-bond donors (Lipinski definition) is 3. The minimum absolute atomic E-state index is 0. The van der Waals surface area contributed by atoms with Crippen LogP contribution in [0.15, 0.2) is 9.59 Å². The van der Waals surface area contributed by atoms with E-state index in [1.807, 2.05) is 4.98 Å². The van der Waals surface area contributed by atoms with E-state index in [-0.39, 0.29) is 29.6 Å². The number of aromatic carboxylic acids is 2. The molecule has 9 heteroatoms. The molecule has 0 bridgehead atoms. The summed E-state index contributed by atoms with van der Waals surface area (Å²) in [6.45, 7) is 0. The monoisotopic (exact) mass is 306 g/mol. The number of carbonyl (C=O) groups is 2. The molecule has 1 fully saturated rings. The van der Waals surface area contributed by atoms with Crippen molar-refractivity contribution in [3.63, 3.8) is 0 Å².